The highest BCUT2D eigenvalue weighted by Crippen LogP contribution is 2.22. The molecule has 1 unspecified atom stereocenters. The Balaban J connectivity index is 1.30. The van der Waals surface area contributed by atoms with Crippen molar-refractivity contribution in [2.45, 2.75) is 38.3 Å². The first kappa shape index (κ1) is 19.6. The number of nitrogens with zero attached hydrogens (tertiary/aromatic N) is 5. The van der Waals surface area contributed by atoms with E-state index in [1.165, 1.54) is 0 Å². The van der Waals surface area contributed by atoms with E-state index in [1.807, 2.05) is 37.5 Å². The van der Waals surface area contributed by atoms with Crippen LogP contribution in [0.3, 0.4) is 0 Å². The molecule has 29 heavy (non-hydrogen) atoms. The van der Waals surface area contributed by atoms with Crippen LogP contribution in [0.4, 0.5) is 10.7 Å². The molecule has 1 N–H and O–H groups in total. The lowest BCUT2D eigenvalue weighted by Gasteiger charge is -2.33. The SMILES string of the molecule is CCOC(=O)N1CCC(NC2CCN(c3nccc(-c4cccnc4)n3)C2)CC1. The second-order valence-corrected chi connectivity index (χ2v) is 7.54. The number of carbonyl (C=O) groups excluding carboxylic acids is 1. The molecule has 0 aromatic carbocycles. The van der Waals surface area contributed by atoms with E-state index >= 15 is 0 Å². The predicted molar refractivity (Wildman–Crippen MR) is 111 cm³/mol. The monoisotopic (exact) mass is 396 g/mol. The summed E-state index contributed by atoms with van der Waals surface area (Å²) in [5.74, 6) is 0.771. The second kappa shape index (κ2) is 9.17. The minimum absolute atomic E-state index is 0.191. The van der Waals surface area contributed by atoms with Crippen LogP contribution in [-0.4, -0.2) is 70.8 Å². The standard InChI is InChI=1S/C21H28N6O2/c1-2-29-21(28)26-11-6-17(7-12-26)24-18-8-13-27(15-18)20-23-10-5-19(25-20)16-4-3-9-22-14-16/h3-5,9-10,14,17-18,24H,2,6-8,11-13,15H2,1H3. The average Bonchev–Trinajstić information content (AvgIpc) is 3.24. The van der Waals surface area contributed by atoms with E-state index in [0.717, 1.165) is 62.6 Å². The van der Waals surface area contributed by atoms with Crippen molar-refractivity contribution >= 4 is 12.0 Å². The van der Waals surface area contributed by atoms with Gasteiger partial charge in [0.2, 0.25) is 5.95 Å². The average molecular weight is 396 g/mol. The molecule has 0 radical (unpaired) electrons. The molecule has 1 amide bonds. The molecular weight excluding hydrogens is 368 g/mol. The summed E-state index contributed by atoms with van der Waals surface area (Å²) in [5.41, 5.74) is 1.89. The highest BCUT2D eigenvalue weighted by Gasteiger charge is 2.29. The van der Waals surface area contributed by atoms with Crippen LogP contribution in [0.25, 0.3) is 11.3 Å². The largest absolute Gasteiger partial charge is 0.450 e. The number of nitrogens with one attached hydrogen (secondary N) is 1. The Labute approximate surface area is 171 Å². The number of rotatable bonds is 5. The zero-order valence-electron chi connectivity index (χ0n) is 16.8. The van der Waals surface area contributed by atoms with E-state index in [1.54, 1.807) is 11.1 Å². The number of carbonyl (C=O) groups is 1. The molecule has 8 heteroatoms. The number of hydrogen-bond donors (Lipinski definition) is 1. The van der Waals surface area contributed by atoms with Gasteiger partial charge in [0, 0.05) is 62.4 Å². The van der Waals surface area contributed by atoms with Crippen LogP contribution in [0, 0.1) is 0 Å². The lowest BCUT2D eigenvalue weighted by Crippen LogP contribution is -2.48. The van der Waals surface area contributed by atoms with Crippen LogP contribution in [0.1, 0.15) is 26.2 Å². The molecular formula is C21H28N6O2. The van der Waals surface area contributed by atoms with Gasteiger partial charge in [-0.1, -0.05) is 0 Å². The first-order valence-electron chi connectivity index (χ1n) is 10.4. The molecule has 2 aliphatic rings. The molecule has 0 aliphatic carbocycles. The van der Waals surface area contributed by atoms with Crippen molar-refractivity contribution in [3.8, 4) is 11.3 Å². The van der Waals surface area contributed by atoms with Gasteiger partial charge in [0.25, 0.3) is 0 Å². The quantitative estimate of drug-likeness (QED) is 0.830. The second-order valence-electron chi connectivity index (χ2n) is 7.54. The normalized spacial score (nSPS) is 20.1. The van der Waals surface area contributed by atoms with E-state index < -0.39 is 0 Å². The van der Waals surface area contributed by atoms with Crippen LogP contribution in [0.15, 0.2) is 36.8 Å². The van der Waals surface area contributed by atoms with Crippen LogP contribution >= 0.6 is 0 Å². The number of aromatic nitrogens is 3. The maximum absolute atomic E-state index is 11.8. The molecule has 1 atom stereocenters. The molecule has 2 aliphatic heterocycles. The maximum Gasteiger partial charge on any atom is 0.409 e. The third-order valence-electron chi connectivity index (χ3n) is 5.56. The summed E-state index contributed by atoms with van der Waals surface area (Å²) in [6, 6.07) is 6.70. The van der Waals surface area contributed by atoms with E-state index in [-0.39, 0.29) is 6.09 Å². The third kappa shape index (κ3) is 4.82. The molecule has 0 saturated carbocycles. The number of ether oxygens (including phenoxy) is 1. The summed E-state index contributed by atoms with van der Waals surface area (Å²) >= 11 is 0. The zero-order valence-corrected chi connectivity index (χ0v) is 16.8. The van der Waals surface area contributed by atoms with E-state index in [4.69, 9.17) is 9.72 Å². The molecule has 2 aromatic rings. The summed E-state index contributed by atoms with van der Waals surface area (Å²) in [6.07, 6.45) is 8.20. The van der Waals surface area contributed by atoms with E-state index in [0.29, 0.717) is 18.7 Å². The van der Waals surface area contributed by atoms with Gasteiger partial charge < -0.3 is 19.9 Å². The number of anilines is 1. The molecule has 4 rings (SSSR count). The van der Waals surface area contributed by atoms with Gasteiger partial charge in [-0.25, -0.2) is 14.8 Å². The molecule has 2 aromatic heterocycles. The van der Waals surface area contributed by atoms with E-state index in [9.17, 15) is 4.79 Å². The minimum Gasteiger partial charge on any atom is -0.450 e. The van der Waals surface area contributed by atoms with Crippen LogP contribution in [0.2, 0.25) is 0 Å². The van der Waals surface area contributed by atoms with Gasteiger partial charge in [0.15, 0.2) is 0 Å². The zero-order chi connectivity index (χ0) is 20.1. The summed E-state index contributed by atoms with van der Waals surface area (Å²) in [4.78, 5) is 29.3. The van der Waals surface area contributed by atoms with Gasteiger partial charge in [-0.3, -0.25) is 4.98 Å². The number of amides is 1. The summed E-state index contributed by atoms with van der Waals surface area (Å²) < 4.78 is 5.10. The minimum atomic E-state index is -0.191. The van der Waals surface area contributed by atoms with Crippen LogP contribution in [0.5, 0.6) is 0 Å². The van der Waals surface area contributed by atoms with Crippen molar-refractivity contribution < 1.29 is 9.53 Å². The smallest absolute Gasteiger partial charge is 0.409 e. The lowest BCUT2D eigenvalue weighted by molar-refractivity contribution is 0.0944. The maximum atomic E-state index is 11.8. The highest BCUT2D eigenvalue weighted by atomic mass is 16.6. The molecule has 154 valence electrons. The van der Waals surface area contributed by atoms with E-state index in [2.05, 4.69) is 20.2 Å². The molecule has 2 fully saturated rings. The van der Waals surface area contributed by atoms with Crippen molar-refractivity contribution in [2.75, 3.05) is 37.7 Å². The van der Waals surface area contributed by atoms with Gasteiger partial charge in [-0.15, -0.1) is 0 Å². The summed E-state index contributed by atoms with van der Waals surface area (Å²) in [5, 5.41) is 3.77. The molecule has 8 nitrogen and oxygen atoms in total. The van der Waals surface area contributed by atoms with Crippen molar-refractivity contribution in [3.63, 3.8) is 0 Å². The Morgan fingerprint density at radius 1 is 1.17 bits per heavy atom. The summed E-state index contributed by atoms with van der Waals surface area (Å²) in [6.45, 7) is 5.62. The van der Waals surface area contributed by atoms with Crippen molar-refractivity contribution in [1.82, 2.24) is 25.2 Å². The first-order valence-corrected chi connectivity index (χ1v) is 10.4. The van der Waals surface area contributed by atoms with Crippen LogP contribution in [-0.2, 0) is 4.74 Å². The topological polar surface area (TPSA) is 83.5 Å². The Hall–Kier alpha value is -2.74. The number of likely N-dealkylation sites (tertiary alicyclic amines) is 1. The van der Waals surface area contributed by atoms with Gasteiger partial charge in [0.05, 0.1) is 12.3 Å². The third-order valence-corrected chi connectivity index (χ3v) is 5.56. The fraction of sp³-hybridized carbons (Fsp3) is 0.524. The first-order chi connectivity index (χ1) is 14.2. The van der Waals surface area contributed by atoms with Gasteiger partial charge in [0.1, 0.15) is 0 Å². The van der Waals surface area contributed by atoms with Gasteiger partial charge in [-0.05, 0) is 44.4 Å². The Morgan fingerprint density at radius 3 is 2.76 bits per heavy atom. The van der Waals surface area contributed by atoms with Gasteiger partial charge >= 0.3 is 6.09 Å². The number of piperidine rings is 1. The number of hydrogen-bond acceptors (Lipinski definition) is 7. The highest BCUT2D eigenvalue weighted by molar-refractivity contribution is 5.67. The molecule has 0 bridgehead atoms. The Bertz CT molecular complexity index is 810. The molecule has 2 saturated heterocycles. The predicted octanol–water partition coefficient (Wildman–Crippen LogP) is 2.33. The fourth-order valence-corrected chi connectivity index (χ4v) is 4.03. The van der Waals surface area contributed by atoms with Crippen molar-refractivity contribution in [2.24, 2.45) is 0 Å². The van der Waals surface area contributed by atoms with Gasteiger partial charge in [-0.2, -0.15) is 0 Å². The van der Waals surface area contributed by atoms with Crippen LogP contribution < -0.4 is 10.2 Å². The van der Waals surface area contributed by atoms with Crippen molar-refractivity contribution in [3.05, 3.63) is 36.8 Å². The fourth-order valence-electron chi connectivity index (χ4n) is 4.03. The Morgan fingerprint density at radius 2 is 2.00 bits per heavy atom. The summed E-state index contributed by atoms with van der Waals surface area (Å²) in [7, 11) is 0. The molecule has 0 spiro atoms. The molecule has 4 heterocycles. The Kier molecular flexibility index (Phi) is 6.19. The van der Waals surface area contributed by atoms with Crippen molar-refractivity contribution in [1.29, 1.82) is 0 Å². The lowest BCUT2D eigenvalue weighted by atomic mass is 10.0. The number of pyridine rings is 1.